The predicted octanol–water partition coefficient (Wildman–Crippen LogP) is 5.97. The third-order valence-electron chi connectivity index (χ3n) is 7.29. The van der Waals surface area contributed by atoms with Crippen LogP contribution in [0.15, 0.2) is 79.0 Å². The molecular weight excluding hydrogens is 398 g/mol. The topological polar surface area (TPSA) is 59.4 Å². The average molecular weight is 428 g/mol. The van der Waals surface area contributed by atoms with Crippen molar-refractivity contribution in [2.75, 3.05) is 6.61 Å². The summed E-state index contributed by atoms with van der Waals surface area (Å²) in [6.07, 6.45) is 6.78. The van der Waals surface area contributed by atoms with Crippen LogP contribution in [0.5, 0.6) is 0 Å². The molecule has 2 fully saturated rings. The van der Waals surface area contributed by atoms with Crippen molar-refractivity contribution < 1.29 is 14.6 Å². The van der Waals surface area contributed by atoms with Crippen molar-refractivity contribution in [1.82, 2.24) is 4.98 Å². The number of pyridine rings is 1. The van der Waals surface area contributed by atoms with Crippen LogP contribution < -0.4 is 0 Å². The van der Waals surface area contributed by atoms with E-state index in [1.165, 1.54) is 12.8 Å². The molecule has 1 heterocycles. The van der Waals surface area contributed by atoms with Crippen LogP contribution in [0.3, 0.4) is 0 Å². The molecule has 5 rings (SSSR count). The number of carboxylic acid groups (broad SMARTS) is 1. The molecule has 2 aromatic carbocycles. The molecule has 0 spiro atoms. The molecule has 2 saturated carbocycles. The van der Waals surface area contributed by atoms with Gasteiger partial charge in [-0.15, -0.1) is 0 Å². The molecule has 164 valence electrons. The molecule has 0 radical (unpaired) electrons. The minimum Gasteiger partial charge on any atom is -0.481 e. The second-order valence-corrected chi connectivity index (χ2v) is 9.30. The lowest BCUT2D eigenvalue weighted by Gasteiger charge is -2.45. The van der Waals surface area contributed by atoms with Gasteiger partial charge in [0.15, 0.2) is 0 Å². The maximum Gasteiger partial charge on any atom is 0.314 e. The number of hydrogen-bond acceptors (Lipinski definition) is 3. The third-order valence-corrected chi connectivity index (χ3v) is 7.29. The van der Waals surface area contributed by atoms with Gasteiger partial charge in [0, 0.05) is 11.8 Å². The first-order valence-corrected chi connectivity index (χ1v) is 11.6. The molecular formula is C28H29NO3. The number of carboxylic acids is 1. The van der Waals surface area contributed by atoms with Crippen molar-refractivity contribution in [3.63, 3.8) is 0 Å². The molecule has 1 N–H and O–H groups in total. The normalized spacial score (nSPS) is 25.4. The summed E-state index contributed by atoms with van der Waals surface area (Å²) in [5.74, 6) is -0.0956. The fraction of sp³-hybridized carbons (Fsp3) is 0.357. The van der Waals surface area contributed by atoms with E-state index < -0.39 is 17.0 Å². The van der Waals surface area contributed by atoms with Gasteiger partial charge in [-0.2, -0.15) is 0 Å². The van der Waals surface area contributed by atoms with E-state index in [2.05, 4.69) is 29.2 Å². The number of benzene rings is 2. The van der Waals surface area contributed by atoms with E-state index in [-0.39, 0.29) is 0 Å². The predicted molar refractivity (Wildman–Crippen MR) is 124 cm³/mol. The van der Waals surface area contributed by atoms with Crippen LogP contribution in [0.4, 0.5) is 0 Å². The smallest absolute Gasteiger partial charge is 0.314 e. The molecule has 0 unspecified atom stereocenters. The number of rotatable bonds is 7. The van der Waals surface area contributed by atoms with Crippen LogP contribution in [0.2, 0.25) is 0 Å². The number of aromatic nitrogens is 1. The minimum absolute atomic E-state index is 0.469. The molecule has 0 saturated heterocycles. The van der Waals surface area contributed by atoms with Crippen molar-refractivity contribution in [3.8, 4) is 11.3 Å². The highest BCUT2D eigenvalue weighted by molar-refractivity contribution is 5.81. The van der Waals surface area contributed by atoms with Crippen molar-refractivity contribution in [3.05, 3.63) is 90.1 Å². The van der Waals surface area contributed by atoms with Crippen molar-refractivity contribution >= 4 is 5.97 Å². The van der Waals surface area contributed by atoms with Gasteiger partial charge in [0.2, 0.25) is 0 Å². The molecule has 0 bridgehead atoms. The zero-order valence-electron chi connectivity index (χ0n) is 18.2. The van der Waals surface area contributed by atoms with Crippen molar-refractivity contribution in [2.45, 2.75) is 49.5 Å². The highest BCUT2D eigenvalue weighted by Gasteiger charge is 2.50. The largest absolute Gasteiger partial charge is 0.481 e. The van der Waals surface area contributed by atoms with Gasteiger partial charge in [-0.25, -0.2) is 0 Å². The monoisotopic (exact) mass is 427 g/mol. The van der Waals surface area contributed by atoms with Crippen LogP contribution in [0, 0.1) is 5.92 Å². The summed E-state index contributed by atoms with van der Waals surface area (Å²) >= 11 is 0. The Balaban J connectivity index is 1.48. The standard InChI is InChI=1S/C28H29NO3/c30-26(31)27(23-9-5-2-6-10-23)14-16-28(17-15-27,32-20-21-11-12-21)24-13-18-29-25(19-24)22-7-3-1-4-8-22/h1-10,13,18-19,21H,11-12,14-17,20H2,(H,30,31)/t27-,28-. The molecule has 0 amide bonds. The van der Waals surface area contributed by atoms with Crippen LogP contribution in [0.25, 0.3) is 11.3 Å². The second-order valence-electron chi connectivity index (χ2n) is 9.30. The molecule has 32 heavy (non-hydrogen) atoms. The number of ether oxygens (including phenoxy) is 1. The Bertz CT molecular complexity index is 1070. The maximum absolute atomic E-state index is 12.5. The SMILES string of the molecule is O=C(O)[C@]1(c2ccccc2)CC[C@](OCC2CC2)(c2ccnc(-c3ccccc3)c2)CC1. The summed E-state index contributed by atoms with van der Waals surface area (Å²) in [5, 5.41) is 10.3. The zero-order chi connectivity index (χ0) is 22.0. The van der Waals surface area contributed by atoms with Gasteiger partial charge in [-0.3, -0.25) is 9.78 Å². The third kappa shape index (κ3) is 3.95. The van der Waals surface area contributed by atoms with E-state index >= 15 is 0 Å². The number of nitrogens with zero attached hydrogens (tertiary/aromatic N) is 1. The van der Waals surface area contributed by atoms with Crippen molar-refractivity contribution in [2.24, 2.45) is 5.92 Å². The van der Waals surface area contributed by atoms with Gasteiger partial charge in [0.05, 0.1) is 23.3 Å². The highest BCUT2D eigenvalue weighted by Crippen LogP contribution is 2.50. The van der Waals surface area contributed by atoms with Crippen molar-refractivity contribution in [1.29, 1.82) is 0 Å². The van der Waals surface area contributed by atoms with E-state index in [1.54, 1.807) is 0 Å². The molecule has 1 aromatic heterocycles. The average Bonchev–Trinajstić information content (AvgIpc) is 3.69. The first-order chi connectivity index (χ1) is 15.6. The van der Waals surface area contributed by atoms with E-state index in [4.69, 9.17) is 4.74 Å². The Morgan fingerprint density at radius 3 is 2.19 bits per heavy atom. The molecule has 0 aliphatic heterocycles. The molecule has 0 atom stereocenters. The van der Waals surface area contributed by atoms with E-state index in [1.807, 2.05) is 54.7 Å². The Kier molecular flexibility index (Phi) is 5.56. The lowest BCUT2D eigenvalue weighted by molar-refractivity contribution is -0.151. The maximum atomic E-state index is 12.5. The number of hydrogen-bond donors (Lipinski definition) is 1. The van der Waals surface area contributed by atoms with E-state index in [0.29, 0.717) is 31.6 Å². The summed E-state index contributed by atoms with van der Waals surface area (Å²) < 4.78 is 6.66. The Hall–Kier alpha value is -2.98. The summed E-state index contributed by atoms with van der Waals surface area (Å²) in [5.41, 5.74) is 2.68. The van der Waals surface area contributed by atoms with E-state index in [0.717, 1.165) is 29.0 Å². The van der Waals surface area contributed by atoms with Gasteiger partial charge in [0.1, 0.15) is 0 Å². The fourth-order valence-electron chi connectivity index (χ4n) is 5.02. The molecule has 2 aliphatic rings. The highest BCUT2D eigenvalue weighted by atomic mass is 16.5. The van der Waals surface area contributed by atoms with Gasteiger partial charge in [-0.05, 0) is 67.7 Å². The molecule has 4 heteroatoms. The lowest BCUT2D eigenvalue weighted by Crippen LogP contribution is -2.46. The first-order valence-electron chi connectivity index (χ1n) is 11.6. The number of carbonyl (C=O) groups is 1. The molecule has 4 nitrogen and oxygen atoms in total. The Morgan fingerprint density at radius 2 is 1.56 bits per heavy atom. The Labute approximate surface area is 189 Å². The summed E-state index contributed by atoms with van der Waals surface area (Å²) in [6.45, 7) is 0.744. The summed E-state index contributed by atoms with van der Waals surface area (Å²) in [6, 6.07) is 24.1. The fourth-order valence-corrected chi connectivity index (χ4v) is 5.02. The number of aliphatic carboxylic acids is 1. The molecule has 3 aromatic rings. The summed E-state index contributed by atoms with van der Waals surface area (Å²) in [4.78, 5) is 17.1. The Morgan fingerprint density at radius 1 is 0.906 bits per heavy atom. The van der Waals surface area contributed by atoms with E-state index in [9.17, 15) is 9.90 Å². The lowest BCUT2D eigenvalue weighted by atomic mass is 9.63. The quantitative estimate of drug-likeness (QED) is 0.505. The van der Waals surface area contributed by atoms with Crippen LogP contribution in [-0.2, 0) is 20.5 Å². The zero-order valence-corrected chi connectivity index (χ0v) is 18.2. The second kappa shape index (κ2) is 8.51. The van der Waals surface area contributed by atoms with Crippen LogP contribution >= 0.6 is 0 Å². The first kappa shape index (κ1) is 20.9. The van der Waals surface area contributed by atoms with Gasteiger partial charge >= 0.3 is 5.97 Å². The summed E-state index contributed by atoms with van der Waals surface area (Å²) in [7, 11) is 0. The minimum atomic E-state index is -0.858. The molecule has 2 aliphatic carbocycles. The van der Waals surface area contributed by atoms with Gasteiger partial charge in [0.25, 0.3) is 0 Å². The van der Waals surface area contributed by atoms with Gasteiger partial charge in [-0.1, -0.05) is 60.7 Å². The van der Waals surface area contributed by atoms with Gasteiger partial charge < -0.3 is 9.84 Å². The van der Waals surface area contributed by atoms with Crippen LogP contribution in [-0.4, -0.2) is 22.7 Å². The van der Waals surface area contributed by atoms with Crippen LogP contribution in [0.1, 0.15) is 49.7 Å².